The van der Waals surface area contributed by atoms with Crippen LogP contribution in [0.2, 0.25) is 0 Å². The number of aliphatic hydroxyl groups is 1. The molecule has 0 amide bonds. The number of hydrogen-bond acceptors (Lipinski definition) is 3. The molecule has 1 saturated carbocycles. The maximum atomic E-state index is 10.3. The molecule has 2 rings (SSSR count). The van der Waals surface area contributed by atoms with Crippen molar-refractivity contribution < 1.29 is 9.84 Å². The van der Waals surface area contributed by atoms with Crippen LogP contribution in [0.25, 0.3) is 0 Å². The van der Waals surface area contributed by atoms with E-state index in [4.69, 9.17) is 10.5 Å². The Kier molecular flexibility index (Phi) is 6.10. The van der Waals surface area contributed by atoms with Crippen LogP contribution < -0.4 is 11.1 Å². The monoisotopic (exact) mass is 283 g/mol. The van der Waals surface area contributed by atoms with Crippen LogP contribution in [-0.2, 0) is 4.74 Å². The second kappa shape index (κ2) is 7.84. The van der Waals surface area contributed by atoms with Gasteiger partial charge in [0.1, 0.15) is 0 Å². The fraction of sp³-hybridized carbons (Fsp3) is 0.933. The SMILES string of the molecule is NC(=NCCC1(O)CCOCC1)NC1CCCCCC1. The van der Waals surface area contributed by atoms with Crippen LogP contribution in [0.4, 0.5) is 0 Å². The predicted octanol–water partition coefficient (Wildman–Crippen LogP) is 1.55. The minimum atomic E-state index is -0.607. The number of nitrogens with zero attached hydrogens (tertiary/aromatic N) is 1. The maximum Gasteiger partial charge on any atom is 0.188 e. The van der Waals surface area contributed by atoms with E-state index in [0.717, 1.165) is 0 Å². The van der Waals surface area contributed by atoms with E-state index < -0.39 is 5.60 Å². The lowest BCUT2D eigenvalue weighted by molar-refractivity contribution is -0.0662. The molecule has 2 fully saturated rings. The number of nitrogens with two attached hydrogens (primary N) is 1. The fourth-order valence-electron chi connectivity index (χ4n) is 3.06. The van der Waals surface area contributed by atoms with Gasteiger partial charge in [0.05, 0.1) is 5.60 Å². The maximum absolute atomic E-state index is 10.3. The van der Waals surface area contributed by atoms with E-state index in [1.54, 1.807) is 0 Å². The van der Waals surface area contributed by atoms with Gasteiger partial charge in [-0.2, -0.15) is 0 Å². The lowest BCUT2D eigenvalue weighted by Crippen LogP contribution is -2.40. The Morgan fingerprint density at radius 3 is 2.50 bits per heavy atom. The highest BCUT2D eigenvalue weighted by atomic mass is 16.5. The van der Waals surface area contributed by atoms with Crippen molar-refractivity contribution >= 4 is 5.96 Å². The minimum Gasteiger partial charge on any atom is -0.390 e. The summed E-state index contributed by atoms with van der Waals surface area (Å²) in [6, 6.07) is 0.479. The van der Waals surface area contributed by atoms with Gasteiger partial charge >= 0.3 is 0 Å². The smallest absolute Gasteiger partial charge is 0.188 e. The van der Waals surface area contributed by atoms with Crippen molar-refractivity contribution in [3.63, 3.8) is 0 Å². The zero-order valence-electron chi connectivity index (χ0n) is 12.4. The number of ether oxygens (including phenoxy) is 1. The van der Waals surface area contributed by atoms with Gasteiger partial charge in [-0.3, -0.25) is 4.99 Å². The van der Waals surface area contributed by atoms with E-state index in [2.05, 4.69) is 10.3 Å². The molecule has 2 aliphatic rings. The Morgan fingerprint density at radius 2 is 1.85 bits per heavy atom. The number of nitrogens with one attached hydrogen (secondary N) is 1. The van der Waals surface area contributed by atoms with Crippen molar-refractivity contribution in [2.75, 3.05) is 19.8 Å². The number of hydrogen-bond donors (Lipinski definition) is 3. The number of aliphatic imine (C=N–C) groups is 1. The Hall–Kier alpha value is -0.810. The topological polar surface area (TPSA) is 79.9 Å². The zero-order chi connectivity index (χ0) is 14.3. The summed E-state index contributed by atoms with van der Waals surface area (Å²) < 4.78 is 5.27. The van der Waals surface area contributed by atoms with Crippen LogP contribution >= 0.6 is 0 Å². The summed E-state index contributed by atoms with van der Waals surface area (Å²) in [7, 11) is 0. The third-order valence-corrected chi connectivity index (χ3v) is 4.49. The summed E-state index contributed by atoms with van der Waals surface area (Å²) in [5.41, 5.74) is 5.34. The molecule has 0 radical (unpaired) electrons. The summed E-state index contributed by atoms with van der Waals surface area (Å²) >= 11 is 0. The molecule has 0 unspecified atom stereocenters. The van der Waals surface area contributed by atoms with Gasteiger partial charge < -0.3 is 20.9 Å². The van der Waals surface area contributed by atoms with Gasteiger partial charge in [-0.25, -0.2) is 0 Å². The first kappa shape index (κ1) is 15.6. The van der Waals surface area contributed by atoms with Crippen molar-refractivity contribution in [2.24, 2.45) is 10.7 Å². The average Bonchev–Trinajstić information content (AvgIpc) is 2.68. The van der Waals surface area contributed by atoms with Crippen molar-refractivity contribution in [3.8, 4) is 0 Å². The van der Waals surface area contributed by atoms with E-state index in [1.807, 2.05) is 0 Å². The first-order chi connectivity index (χ1) is 9.68. The summed E-state index contributed by atoms with van der Waals surface area (Å²) in [5.74, 6) is 0.535. The third-order valence-electron chi connectivity index (χ3n) is 4.49. The molecule has 0 spiro atoms. The molecule has 0 aromatic carbocycles. The molecule has 5 nitrogen and oxygen atoms in total. The molecule has 0 aromatic rings. The second-order valence-electron chi connectivity index (χ2n) is 6.19. The largest absolute Gasteiger partial charge is 0.390 e. The van der Waals surface area contributed by atoms with Crippen LogP contribution in [0.5, 0.6) is 0 Å². The van der Waals surface area contributed by atoms with Crippen LogP contribution in [0.15, 0.2) is 4.99 Å². The average molecular weight is 283 g/mol. The molecule has 0 atom stereocenters. The van der Waals surface area contributed by atoms with Gasteiger partial charge in [0.15, 0.2) is 5.96 Å². The molecule has 1 saturated heterocycles. The lowest BCUT2D eigenvalue weighted by Gasteiger charge is -2.31. The van der Waals surface area contributed by atoms with Crippen LogP contribution in [0, 0.1) is 0 Å². The van der Waals surface area contributed by atoms with E-state index >= 15 is 0 Å². The van der Waals surface area contributed by atoms with E-state index in [9.17, 15) is 5.11 Å². The van der Waals surface area contributed by atoms with Gasteiger partial charge in [-0.05, 0) is 32.1 Å². The predicted molar refractivity (Wildman–Crippen MR) is 80.7 cm³/mol. The van der Waals surface area contributed by atoms with Gasteiger partial charge in [-0.1, -0.05) is 25.7 Å². The van der Waals surface area contributed by atoms with Gasteiger partial charge in [0.2, 0.25) is 0 Å². The molecule has 5 heteroatoms. The van der Waals surface area contributed by atoms with Crippen molar-refractivity contribution in [3.05, 3.63) is 0 Å². The van der Waals surface area contributed by atoms with Crippen molar-refractivity contribution in [1.82, 2.24) is 5.32 Å². The summed E-state index contributed by atoms with van der Waals surface area (Å²) in [6.45, 7) is 1.88. The molecule has 4 N–H and O–H groups in total. The first-order valence-corrected chi connectivity index (χ1v) is 8.05. The molecule has 116 valence electrons. The standard InChI is InChI=1S/C15H29N3O2/c16-14(18-13-5-3-1-2-4-6-13)17-10-7-15(19)8-11-20-12-9-15/h13,19H,1-12H2,(H3,16,17,18). The van der Waals surface area contributed by atoms with Crippen molar-refractivity contribution in [1.29, 1.82) is 0 Å². The highest BCUT2D eigenvalue weighted by Crippen LogP contribution is 2.24. The molecule has 0 aromatic heterocycles. The van der Waals surface area contributed by atoms with E-state index in [-0.39, 0.29) is 0 Å². The zero-order valence-corrected chi connectivity index (χ0v) is 12.4. The summed E-state index contributed by atoms with van der Waals surface area (Å²) in [5, 5.41) is 13.7. The third kappa shape index (κ3) is 5.29. The van der Waals surface area contributed by atoms with E-state index in [1.165, 1.54) is 38.5 Å². The highest BCUT2D eigenvalue weighted by molar-refractivity contribution is 5.78. The van der Waals surface area contributed by atoms with Gasteiger partial charge in [-0.15, -0.1) is 0 Å². The van der Waals surface area contributed by atoms with E-state index in [0.29, 0.717) is 51.0 Å². The molecule has 1 heterocycles. The lowest BCUT2D eigenvalue weighted by atomic mass is 9.91. The second-order valence-corrected chi connectivity index (χ2v) is 6.19. The Bertz CT molecular complexity index is 306. The van der Waals surface area contributed by atoms with Crippen LogP contribution in [0.3, 0.4) is 0 Å². The molecule has 20 heavy (non-hydrogen) atoms. The molecular formula is C15H29N3O2. The van der Waals surface area contributed by atoms with Crippen LogP contribution in [-0.4, -0.2) is 42.5 Å². The summed E-state index contributed by atoms with van der Waals surface area (Å²) in [4.78, 5) is 4.37. The van der Waals surface area contributed by atoms with Gasteiger partial charge in [0, 0.05) is 25.8 Å². The number of rotatable bonds is 4. The van der Waals surface area contributed by atoms with Crippen LogP contribution in [0.1, 0.15) is 57.8 Å². The Morgan fingerprint density at radius 1 is 1.20 bits per heavy atom. The van der Waals surface area contributed by atoms with Crippen molar-refractivity contribution in [2.45, 2.75) is 69.4 Å². The van der Waals surface area contributed by atoms with Gasteiger partial charge in [0.25, 0.3) is 0 Å². The molecule has 1 aliphatic carbocycles. The number of guanidine groups is 1. The summed E-state index contributed by atoms with van der Waals surface area (Å²) in [6.07, 6.45) is 9.71. The quantitative estimate of drug-likeness (QED) is 0.415. The normalized spacial score (nSPS) is 25.1. The minimum absolute atomic E-state index is 0.479. The molecule has 0 bridgehead atoms. The molecular weight excluding hydrogens is 254 g/mol. The Balaban J connectivity index is 1.70. The molecule has 1 aliphatic heterocycles. The Labute approximate surface area is 122 Å². The fourth-order valence-corrected chi connectivity index (χ4v) is 3.06. The first-order valence-electron chi connectivity index (χ1n) is 8.05. The highest BCUT2D eigenvalue weighted by Gasteiger charge is 2.29.